The van der Waals surface area contributed by atoms with Crippen LogP contribution in [0.3, 0.4) is 0 Å². The molecule has 2 aromatic carbocycles. The number of carbonyl (C=O) groups excluding carboxylic acids is 5. The maximum Gasteiger partial charge on any atom is 0.341 e. The van der Waals surface area contributed by atoms with Gasteiger partial charge in [-0.3, -0.25) is 19.2 Å². The van der Waals surface area contributed by atoms with Crippen molar-refractivity contribution in [3.05, 3.63) is 55.6 Å². The van der Waals surface area contributed by atoms with Gasteiger partial charge in [0.25, 0.3) is 0 Å². The first-order valence-corrected chi connectivity index (χ1v) is 16.5. The number of aliphatic hydroxyl groups is 3. The normalized spacial score (nSPS) is 33.4. The second-order valence-electron chi connectivity index (χ2n) is 12.8. The molecule has 16 nitrogen and oxygen atoms in total. The highest BCUT2D eigenvalue weighted by Gasteiger charge is 2.73. The molecule has 4 aliphatic rings. The molecule has 1 fully saturated rings. The molecule has 0 spiro atoms. The van der Waals surface area contributed by atoms with E-state index in [9.17, 15) is 49.5 Å². The van der Waals surface area contributed by atoms with Crippen LogP contribution in [0.4, 0.5) is 0 Å². The molecule has 278 valence electrons. The summed E-state index contributed by atoms with van der Waals surface area (Å²) in [5.74, 6) is -8.43. The molecular weight excluding hydrogens is 733 g/mol. The van der Waals surface area contributed by atoms with Gasteiger partial charge in [0, 0.05) is 49.5 Å². The van der Waals surface area contributed by atoms with Crippen LogP contribution >= 0.6 is 23.2 Å². The highest BCUT2D eigenvalue weighted by molar-refractivity contribution is 6.65. The minimum atomic E-state index is -3.36. The summed E-state index contributed by atoms with van der Waals surface area (Å²) in [6, 6.07) is 0.767. The summed E-state index contributed by atoms with van der Waals surface area (Å²) in [7, 11) is 4.46. The van der Waals surface area contributed by atoms with Gasteiger partial charge in [-0.25, -0.2) is 9.79 Å². The van der Waals surface area contributed by atoms with Crippen LogP contribution in [-0.4, -0.2) is 137 Å². The van der Waals surface area contributed by atoms with E-state index in [-0.39, 0.29) is 16.1 Å². The number of aromatic hydroxyl groups is 2. The van der Waals surface area contributed by atoms with Crippen molar-refractivity contribution in [1.29, 1.82) is 0 Å². The average molecular weight is 767 g/mol. The van der Waals surface area contributed by atoms with Gasteiger partial charge in [-0.15, -0.1) is 11.6 Å². The van der Waals surface area contributed by atoms with Crippen LogP contribution in [0.2, 0.25) is 5.02 Å². The van der Waals surface area contributed by atoms with Gasteiger partial charge in [-0.05, 0) is 31.0 Å². The van der Waals surface area contributed by atoms with E-state index < -0.39 is 139 Å². The Morgan fingerprint density at radius 1 is 0.981 bits per heavy atom. The lowest BCUT2D eigenvalue weighted by molar-refractivity contribution is -0.228. The molecule has 0 aromatic heterocycles. The maximum absolute atomic E-state index is 14.7. The number of phenolic OH excluding ortho intramolecular Hbond substituents is 2. The molecule has 0 radical (unpaired) electrons. The van der Waals surface area contributed by atoms with E-state index in [2.05, 4.69) is 4.99 Å². The third-order valence-electron chi connectivity index (χ3n) is 10.4. The Balaban J connectivity index is 1.59. The van der Waals surface area contributed by atoms with Crippen molar-refractivity contribution < 1.29 is 73.2 Å². The second kappa shape index (κ2) is 12.9. The number of ketones is 4. The standard InChI is InChI=1S/C34H33Cl2NO15/c1-9-15(32(46)50-5)24(41)18-13(19(9)35)8-14(38)34(51-6)30(45)17-12(29(44)33(18,34)47)7-11-16(23(17)40)25(42)20(36)21(22(11)39)37-31-28(49-4)26(43)27(48-3)10(2)52-31/h7,10,14,20,26-28,31,38,40-41,43,47H,8H2,1-6H3/t10?,14-,20?,26?,27?,28?,31?,33-,34+/m0/s1. The zero-order valence-electron chi connectivity index (χ0n) is 28.3. The van der Waals surface area contributed by atoms with E-state index in [0.717, 1.165) is 20.3 Å². The minimum absolute atomic E-state index is 0.0314. The van der Waals surface area contributed by atoms with E-state index in [1.54, 1.807) is 6.92 Å². The molecule has 3 aliphatic carbocycles. The van der Waals surface area contributed by atoms with Crippen molar-refractivity contribution >= 4 is 58.0 Å². The van der Waals surface area contributed by atoms with E-state index in [1.807, 2.05) is 0 Å². The molecular formula is C34H33Cl2NO15. The van der Waals surface area contributed by atoms with Crippen LogP contribution in [0, 0.1) is 6.92 Å². The number of Topliss-reactive ketones (excluding diaryl/α,β-unsaturated/α-hetero) is 4. The number of esters is 1. The molecule has 9 atom stereocenters. The number of alkyl halides is 1. The molecule has 1 heterocycles. The fourth-order valence-corrected chi connectivity index (χ4v) is 8.44. The topological polar surface area (TPSA) is 245 Å². The number of halogens is 2. The number of aliphatic imine (C=N–C) groups is 1. The number of nitrogens with zero attached hydrogens (tertiary/aromatic N) is 1. The Bertz CT molecular complexity index is 2010. The Labute approximate surface area is 304 Å². The monoisotopic (exact) mass is 765 g/mol. The molecule has 6 unspecified atom stereocenters. The van der Waals surface area contributed by atoms with Crippen molar-refractivity contribution in [2.75, 3.05) is 28.4 Å². The fourth-order valence-electron chi connectivity index (χ4n) is 7.91. The first kappa shape index (κ1) is 37.9. The summed E-state index contributed by atoms with van der Waals surface area (Å²) in [6.07, 6.45) is -8.20. The summed E-state index contributed by atoms with van der Waals surface area (Å²) >= 11 is 13.0. The maximum atomic E-state index is 14.7. The van der Waals surface area contributed by atoms with Crippen molar-refractivity contribution in [2.24, 2.45) is 4.99 Å². The smallest absolute Gasteiger partial charge is 0.341 e. The number of hydrogen-bond donors (Lipinski definition) is 5. The molecule has 18 heteroatoms. The summed E-state index contributed by atoms with van der Waals surface area (Å²) < 4.78 is 26.7. The predicted octanol–water partition coefficient (Wildman–Crippen LogP) is 0.978. The molecule has 0 amide bonds. The third-order valence-corrected chi connectivity index (χ3v) is 11.4. The molecule has 5 N–H and O–H groups in total. The third kappa shape index (κ3) is 4.66. The number of hydrogen-bond acceptors (Lipinski definition) is 16. The largest absolute Gasteiger partial charge is 0.507 e. The number of ether oxygens (including phenoxy) is 5. The molecule has 2 aromatic rings. The van der Waals surface area contributed by atoms with Crippen LogP contribution < -0.4 is 0 Å². The number of rotatable bonds is 5. The minimum Gasteiger partial charge on any atom is -0.507 e. The molecule has 6 rings (SSSR count). The van der Waals surface area contributed by atoms with Crippen LogP contribution in [-0.2, 0) is 35.7 Å². The van der Waals surface area contributed by atoms with Gasteiger partial charge in [0.2, 0.25) is 17.3 Å². The quantitative estimate of drug-likeness (QED) is 0.210. The Hall–Kier alpha value is -3.84. The van der Waals surface area contributed by atoms with Crippen LogP contribution in [0.15, 0.2) is 11.1 Å². The summed E-state index contributed by atoms with van der Waals surface area (Å²) in [4.78, 5) is 74.1. The highest BCUT2D eigenvalue weighted by atomic mass is 35.5. The number of phenols is 2. The second-order valence-corrected chi connectivity index (χ2v) is 13.6. The van der Waals surface area contributed by atoms with E-state index >= 15 is 0 Å². The first-order chi connectivity index (χ1) is 24.4. The van der Waals surface area contributed by atoms with Gasteiger partial charge in [0.1, 0.15) is 46.5 Å². The SMILES string of the molecule is COC(=O)c1c(C)c(Cl)c2c(c1O)[C@]1(O)C(=O)c3cc4c(c(O)c3C(=O)[C@]1(OC)[C@@H](O)C2)C(=O)C(Cl)C(=NC1OC(C)C(OC)C(O)C1OC)C4=O. The lowest BCUT2D eigenvalue weighted by Crippen LogP contribution is -2.73. The number of methoxy groups -OCH3 is 4. The highest BCUT2D eigenvalue weighted by Crippen LogP contribution is 2.58. The van der Waals surface area contributed by atoms with E-state index in [1.165, 1.54) is 21.1 Å². The van der Waals surface area contributed by atoms with Crippen molar-refractivity contribution in [3.63, 3.8) is 0 Å². The molecule has 1 aliphatic heterocycles. The number of carbonyl (C=O) groups is 5. The van der Waals surface area contributed by atoms with E-state index in [4.69, 9.17) is 46.9 Å². The van der Waals surface area contributed by atoms with Crippen molar-refractivity contribution in [2.45, 2.75) is 73.6 Å². The van der Waals surface area contributed by atoms with Crippen LogP contribution in [0.25, 0.3) is 0 Å². The van der Waals surface area contributed by atoms with Gasteiger partial charge in [-0.2, -0.15) is 0 Å². The van der Waals surface area contributed by atoms with Gasteiger partial charge in [-0.1, -0.05) is 11.6 Å². The first-order valence-electron chi connectivity index (χ1n) is 15.7. The molecule has 1 saturated heterocycles. The fraction of sp³-hybridized carbons (Fsp3) is 0.471. The Morgan fingerprint density at radius 3 is 2.19 bits per heavy atom. The van der Waals surface area contributed by atoms with Crippen molar-refractivity contribution in [3.8, 4) is 11.5 Å². The Morgan fingerprint density at radius 2 is 1.62 bits per heavy atom. The summed E-state index contributed by atoms with van der Waals surface area (Å²) in [5.41, 5.74) is -11.7. The zero-order chi connectivity index (χ0) is 38.5. The Kier molecular flexibility index (Phi) is 9.42. The average Bonchev–Trinajstić information content (AvgIpc) is 3.10. The lowest BCUT2D eigenvalue weighted by Gasteiger charge is -2.53. The predicted molar refractivity (Wildman–Crippen MR) is 177 cm³/mol. The lowest BCUT2D eigenvalue weighted by atomic mass is 9.56. The zero-order valence-corrected chi connectivity index (χ0v) is 29.9. The molecule has 0 bridgehead atoms. The number of fused-ring (bicyclic) bond motifs is 5. The molecule has 0 saturated carbocycles. The van der Waals surface area contributed by atoms with Gasteiger partial charge in [0.15, 0.2) is 23.2 Å². The van der Waals surface area contributed by atoms with Gasteiger partial charge >= 0.3 is 5.97 Å². The van der Waals surface area contributed by atoms with Gasteiger partial charge in [0.05, 0.1) is 30.4 Å². The van der Waals surface area contributed by atoms with E-state index in [0.29, 0.717) is 0 Å². The number of benzene rings is 2. The van der Waals surface area contributed by atoms with Gasteiger partial charge < -0.3 is 49.2 Å². The van der Waals surface area contributed by atoms with Crippen molar-refractivity contribution in [1.82, 2.24) is 0 Å². The van der Waals surface area contributed by atoms with Crippen LogP contribution in [0.1, 0.15) is 75.4 Å². The van der Waals surface area contributed by atoms with Crippen LogP contribution in [0.5, 0.6) is 11.5 Å². The summed E-state index contributed by atoms with van der Waals surface area (Å²) in [5, 5.41) is 55.8. The number of aliphatic hydroxyl groups excluding tert-OH is 2. The summed E-state index contributed by atoms with van der Waals surface area (Å²) in [6.45, 7) is 2.91. The molecule has 52 heavy (non-hydrogen) atoms.